The smallest absolute Gasteiger partial charge is 0.237 e. The molecule has 2 rings (SSSR count). The van der Waals surface area contributed by atoms with E-state index in [9.17, 15) is 4.79 Å². The number of hydrogen-bond donors (Lipinski definition) is 2. The molecule has 0 heterocycles. The monoisotopic (exact) mass is 312 g/mol. The van der Waals surface area contributed by atoms with Gasteiger partial charge in [-0.3, -0.25) is 4.79 Å². The second-order valence-corrected chi connectivity index (χ2v) is 5.49. The summed E-state index contributed by atoms with van der Waals surface area (Å²) in [5, 5.41) is 3.11. The highest BCUT2D eigenvalue weighted by Gasteiger charge is 2.34. The van der Waals surface area contributed by atoms with Crippen molar-refractivity contribution in [3.63, 3.8) is 0 Å². The Morgan fingerprint density at radius 2 is 2.00 bits per heavy atom. The van der Waals surface area contributed by atoms with E-state index in [0.717, 1.165) is 24.2 Å². The predicted molar refractivity (Wildman–Crippen MR) is 86.7 cm³/mol. The Morgan fingerprint density at radius 3 is 2.48 bits per heavy atom. The lowest BCUT2D eigenvalue weighted by Gasteiger charge is -2.21. The molecule has 1 aromatic carbocycles. The Hall–Kier alpha value is -1.26. The number of carbonyl (C=O) groups excluding carboxylic acids is 1. The highest BCUT2D eigenvalue weighted by atomic mass is 35.5. The van der Waals surface area contributed by atoms with E-state index >= 15 is 0 Å². The van der Waals surface area contributed by atoms with Gasteiger partial charge in [-0.2, -0.15) is 0 Å². The van der Waals surface area contributed by atoms with Crippen LogP contribution < -0.4 is 15.8 Å². The highest BCUT2D eigenvalue weighted by Crippen LogP contribution is 2.41. The van der Waals surface area contributed by atoms with E-state index in [0.29, 0.717) is 5.92 Å². The van der Waals surface area contributed by atoms with Crippen molar-refractivity contribution in [3.8, 4) is 5.75 Å². The molecule has 1 fully saturated rings. The Bertz CT molecular complexity index is 446. The minimum atomic E-state index is -0.403. The summed E-state index contributed by atoms with van der Waals surface area (Å²) >= 11 is 0. The number of nitrogens with two attached hydrogens (primary N) is 1. The summed E-state index contributed by atoms with van der Waals surface area (Å²) in [5.74, 6) is 1.33. The first-order chi connectivity index (χ1) is 9.65. The number of benzene rings is 1. The molecule has 2 atom stereocenters. The van der Waals surface area contributed by atoms with Crippen LogP contribution in [0.2, 0.25) is 0 Å². The number of ether oxygens (including phenoxy) is 1. The van der Waals surface area contributed by atoms with E-state index in [4.69, 9.17) is 10.5 Å². The topological polar surface area (TPSA) is 64.4 Å². The maximum Gasteiger partial charge on any atom is 0.237 e. The first-order valence-corrected chi connectivity index (χ1v) is 7.35. The number of hydrogen-bond acceptors (Lipinski definition) is 3. The van der Waals surface area contributed by atoms with E-state index in [1.54, 1.807) is 7.11 Å². The van der Waals surface area contributed by atoms with E-state index in [-0.39, 0.29) is 24.4 Å². The van der Waals surface area contributed by atoms with Crippen molar-refractivity contribution in [1.82, 2.24) is 5.32 Å². The second kappa shape index (κ2) is 8.25. The Kier molecular flexibility index (Phi) is 6.99. The molecule has 4 nitrogen and oxygen atoms in total. The van der Waals surface area contributed by atoms with E-state index in [2.05, 4.69) is 5.32 Å². The number of rotatable bonds is 7. The van der Waals surface area contributed by atoms with Gasteiger partial charge in [0, 0.05) is 0 Å². The third kappa shape index (κ3) is 4.90. The Morgan fingerprint density at radius 1 is 1.38 bits per heavy atom. The molecular weight excluding hydrogens is 288 g/mol. The third-order valence-corrected chi connectivity index (χ3v) is 3.80. The number of amides is 1. The van der Waals surface area contributed by atoms with Crippen LogP contribution in [0.15, 0.2) is 24.3 Å². The lowest BCUT2D eigenvalue weighted by molar-refractivity contribution is -0.123. The van der Waals surface area contributed by atoms with E-state index in [1.807, 2.05) is 31.2 Å². The molecule has 0 aliphatic heterocycles. The maximum atomic E-state index is 12.1. The van der Waals surface area contributed by atoms with Gasteiger partial charge >= 0.3 is 0 Å². The van der Waals surface area contributed by atoms with E-state index in [1.165, 1.54) is 12.8 Å². The largest absolute Gasteiger partial charge is 0.497 e. The van der Waals surface area contributed by atoms with Gasteiger partial charge in [0.2, 0.25) is 5.91 Å². The SMILES string of the molecule is CCCC(N)C(=O)NC(c1ccc(OC)cc1)C1CC1.Cl. The standard InChI is InChI=1S/C16H24N2O2.ClH/c1-3-4-14(17)16(19)18-15(11-5-6-11)12-7-9-13(20-2)10-8-12;/h7-11,14-15H,3-6,17H2,1-2H3,(H,18,19);1H. The fraction of sp³-hybridized carbons (Fsp3) is 0.562. The van der Waals surface area contributed by atoms with Crippen molar-refractivity contribution in [1.29, 1.82) is 0 Å². The molecule has 118 valence electrons. The summed E-state index contributed by atoms with van der Waals surface area (Å²) in [7, 11) is 1.65. The maximum absolute atomic E-state index is 12.1. The molecule has 0 bridgehead atoms. The van der Waals surface area contributed by atoms with Gasteiger partial charge in [0.05, 0.1) is 19.2 Å². The molecule has 2 unspecified atom stereocenters. The molecule has 0 spiro atoms. The highest BCUT2D eigenvalue weighted by molar-refractivity contribution is 5.85. The van der Waals surface area contributed by atoms with Gasteiger partial charge in [0.25, 0.3) is 0 Å². The lowest BCUT2D eigenvalue weighted by atomic mass is 10.0. The first kappa shape index (κ1) is 17.8. The van der Waals surface area contributed by atoms with Crippen LogP contribution in [0.1, 0.15) is 44.2 Å². The van der Waals surface area contributed by atoms with Gasteiger partial charge < -0.3 is 15.8 Å². The minimum Gasteiger partial charge on any atom is -0.497 e. The van der Waals surface area contributed by atoms with Crippen LogP contribution in [-0.2, 0) is 4.79 Å². The zero-order chi connectivity index (χ0) is 14.5. The number of halogens is 1. The zero-order valence-corrected chi connectivity index (χ0v) is 13.5. The summed E-state index contributed by atoms with van der Waals surface area (Å²) in [6.45, 7) is 2.04. The number of carbonyl (C=O) groups is 1. The average Bonchev–Trinajstić information content (AvgIpc) is 3.29. The van der Waals surface area contributed by atoms with Crippen molar-refractivity contribution in [2.24, 2.45) is 11.7 Å². The van der Waals surface area contributed by atoms with Crippen LogP contribution in [-0.4, -0.2) is 19.1 Å². The van der Waals surface area contributed by atoms with Gasteiger partial charge in [0.15, 0.2) is 0 Å². The summed E-state index contributed by atoms with van der Waals surface area (Å²) in [6, 6.07) is 7.59. The van der Waals surface area contributed by atoms with Crippen molar-refractivity contribution < 1.29 is 9.53 Å². The van der Waals surface area contributed by atoms with E-state index < -0.39 is 6.04 Å². The molecule has 1 amide bonds. The molecular formula is C16H25ClN2O2. The van der Waals surface area contributed by atoms with Crippen molar-refractivity contribution in [2.45, 2.75) is 44.7 Å². The van der Waals surface area contributed by atoms with Crippen LogP contribution in [0.25, 0.3) is 0 Å². The predicted octanol–water partition coefficient (Wildman–Crippen LogP) is 2.81. The number of nitrogens with one attached hydrogen (secondary N) is 1. The fourth-order valence-corrected chi connectivity index (χ4v) is 2.42. The van der Waals surface area contributed by atoms with Crippen molar-refractivity contribution in [3.05, 3.63) is 29.8 Å². The summed E-state index contributed by atoms with van der Waals surface area (Å²) in [6.07, 6.45) is 3.98. The van der Waals surface area contributed by atoms with Crippen molar-refractivity contribution >= 4 is 18.3 Å². The van der Waals surface area contributed by atoms with Crippen LogP contribution in [0.4, 0.5) is 0 Å². The zero-order valence-electron chi connectivity index (χ0n) is 12.7. The Labute approximate surface area is 132 Å². The molecule has 5 heteroatoms. The van der Waals surface area contributed by atoms with Crippen LogP contribution in [0, 0.1) is 5.92 Å². The molecule has 0 aromatic heterocycles. The number of methoxy groups -OCH3 is 1. The van der Waals surface area contributed by atoms with Gasteiger partial charge in [0.1, 0.15) is 5.75 Å². The van der Waals surface area contributed by atoms with Crippen LogP contribution in [0.5, 0.6) is 5.75 Å². The fourth-order valence-electron chi connectivity index (χ4n) is 2.42. The molecule has 1 aliphatic rings. The Balaban J connectivity index is 0.00000220. The lowest BCUT2D eigenvalue weighted by Crippen LogP contribution is -2.42. The van der Waals surface area contributed by atoms with Gasteiger partial charge in [-0.1, -0.05) is 25.5 Å². The molecule has 1 aliphatic carbocycles. The third-order valence-electron chi connectivity index (χ3n) is 3.80. The van der Waals surface area contributed by atoms with Crippen LogP contribution >= 0.6 is 12.4 Å². The summed E-state index contributed by atoms with van der Waals surface area (Å²) in [4.78, 5) is 12.1. The van der Waals surface area contributed by atoms with Crippen LogP contribution in [0.3, 0.4) is 0 Å². The first-order valence-electron chi connectivity index (χ1n) is 7.35. The molecule has 21 heavy (non-hydrogen) atoms. The summed E-state index contributed by atoms with van der Waals surface area (Å²) in [5.41, 5.74) is 7.02. The molecule has 1 saturated carbocycles. The summed E-state index contributed by atoms with van der Waals surface area (Å²) < 4.78 is 5.17. The van der Waals surface area contributed by atoms with Gasteiger partial charge in [-0.05, 0) is 42.9 Å². The molecule has 1 aromatic rings. The quantitative estimate of drug-likeness (QED) is 0.813. The second-order valence-electron chi connectivity index (χ2n) is 5.49. The normalized spacial score (nSPS) is 16.5. The van der Waals surface area contributed by atoms with Gasteiger partial charge in [-0.15, -0.1) is 12.4 Å². The minimum absolute atomic E-state index is 0. The molecule has 3 N–H and O–H groups in total. The van der Waals surface area contributed by atoms with Crippen molar-refractivity contribution in [2.75, 3.05) is 7.11 Å². The average molecular weight is 313 g/mol. The molecule has 0 radical (unpaired) electrons. The van der Waals surface area contributed by atoms with Gasteiger partial charge in [-0.25, -0.2) is 0 Å². The molecule has 0 saturated heterocycles.